The monoisotopic (exact) mass is 343 g/mol. The molecule has 1 fully saturated rings. The summed E-state index contributed by atoms with van der Waals surface area (Å²) in [5.41, 5.74) is 1.56. The number of benzene rings is 1. The third kappa shape index (κ3) is 3.25. The van der Waals surface area contributed by atoms with E-state index in [0.29, 0.717) is 16.3 Å². The van der Waals surface area contributed by atoms with Crippen LogP contribution in [0, 0.1) is 11.3 Å². The molecule has 1 saturated heterocycles. The van der Waals surface area contributed by atoms with E-state index in [1.165, 1.54) is 10.5 Å². The summed E-state index contributed by atoms with van der Waals surface area (Å²) >= 11 is 0. The van der Waals surface area contributed by atoms with Gasteiger partial charge in [0.15, 0.2) is 0 Å². The van der Waals surface area contributed by atoms with Crippen molar-refractivity contribution in [2.24, 2.45) is 0 Å². The predicted molar refractivity (Wildman–Crippen MR) is 87.9 cm³/mol. The van der Waals surface area contributed by atoms with E-state index in [4.69, 9.17) is 10.00 Å². The summed E-state index contributed by atoms with van der Waals surface area (Å²) in [6.45, 7) is 2.57. The summed E-state index contributed by atoms with van der Waals surface area (Å²) in [6.07, 6.45) is 2.11. The average molecular weight is 343 g/mol. The molecule has 1 aliphatic rings. The van der Waals surface area contributed by atoms with Crippen molar-refractivity contribution >= 4 is 10.0 Å². The van der Waals surface area contributed by atoms with E-state index in [1.807, 2.05) is 25.1 Å². The molecule has 2 heterocycles. The normalized spacial score (nSPS) is 15.5. The minimum absolute atomic E-state index is 0.254. The smallest absolute Gasteiger partial charge is 0.243 e. The van der Waals surface area contributed by atoms with Crippen LogP contribution in [0.4, 0.5) is 0 Å². The van der Waals surface area contributed by atoms with Crippen molar-refractivity contribution in [3.05, 3.63) is 53.7 Å². The molecular weight excluding hydrogens is 326 g/mol. The lowest BCUT2D eigenvalue weighted by atomic mass is 10.2. The number of nitrogens with zero attached hydrogens (tertiary/aromatic N) is 3. The van der Waals surface area contributed by atoms with E-state index in [0.717, 1.165) is 12.0 Å². The van der Waals surface area contributed by atoms with Crippen molar-refractivity contribution in [3.8, 4) is 11.9 Å². The van der Waals surface area contributed by atoms with Gasteiger partial charge in [0.1, 0.15) is 6.10 Å². The first-order valence-corrected chi connectivity index (χ1v) is 9.09. The fourth-order valence-corrected chi connectivity index (χ4v) is 3.94. The number of pyridine rings is 1. The summed E-state index contributed by atoms with van der Waals surface area (Å²) in [7, 11) is -3.48. The predicted octanol–water partition coefficient (Wildman–Crippen LogP) is 1.97. The first-order chi connectivity index (χ1) is 11.5. The van der Waals surface area contributed by atoms with E-state index in [2.05, 4.69) is 4.98 Å². The van der Waals surface area contributed by atoms with Gasteiger partial charge in [-0.1, -0.05) is 19.1 Å². The van der Waals surface area contributed by atoms with E-state index in [-0.39, 0.29) is 19.2 Å². The molecule has 0 aliphatic carbocycles. The number of hydrogen-bond acceptors (Lipinski definition) is 5. The Morgan fingerprint density at radius 2 is 2.00 bits per heavy atom. The maximum absolute atomic E-state index is 12.5. The highest BCUT2D eigenvalue weighted by atomic mass is 32.2. The fraction of sp³-hybridized carbons (Fsp3) is 0.294. The molecule has 3 rings (SSSR count). The topological polar surface area (TPSA) is 83.3 Å². The Morgan fingerprint density at radius 1 is 1.29 bits per heavy atom. The molecule has 0 N–H and O–H groups in total. The largest absolute Gasteiger partial charge is 0.471 e. The second kappa shape index (κ2) is 6.59. The second-order valence-electron chi connectivity index (χ2n) is 5.55. The number of rotatable bonds is 5. The van der Waals surface area contributed by atoms with Crippen LogP contribution in [0.25, 0.3) is 0 Å². The zero-order valence-corrected chi connectivity index (χ0v) is 14.0. The third-order valence-electron chi connectivity index (χ3n) is 3.94. The number of hydrogen-bond donors (Lipinski definition) is 0. The molecule has 0 amide bonds. The van der Waals surface area contributed by atoms with Crippen LogP contribution in [0.5, 0.6) is 5.88 Å². The third-order valence-corrected chi connectivity index (χ3v) is 5.78. The Bertz CT molecular complexity index is 867. The lowest BCUT2D eigenvalue weighted by Gasteiger charge is -2.37. The highest BCUT2D eigenvalue weighted by Gasteiger charge is 2.38. The highest BCUT2D eigenvalue weighted by molar-refractivity contribution is 7.89. The molecule has 0 radical (unpaired) electrons. The second-order valence-corrected chi connectivity index (χ2v) is 7.49. The van der Waals surface area contributed by atoms with E-state index >= 15 is 0 Å². The SMILES string of the molecule is CCc1ccc(S(=O)(=O)N2CC(Oc3cc(C#N)ccn3)C2)cc1. The van der Waals surface area contributed by atoms with Gasteiger partial charge in [0.05, 0.1) is 29.6 Å². The van der Waals surface area contributed by atoms with Crippen molar-refractivity contribution in [1.82, 2.24) is 9.29 Å². The molecule has 2 aromatic rings. The van der Waals surface area contributed by atoms with Gasteiger partial charge in [0.2, 0.25) is 15.9 Å². The maximum atomic E-state index is 12.5. The highest BCUT2D eigenvalue weighted by Crippen LogP contribution is 2.24. The van der Waals surface area contributed by atoms with Gasteiger partial charge in [-0.3, -0.25) is 0 Å². The van der Waals surface area contributed by atoms with Crippen molar-refractivity contribution in [1.29, 1.82) is 5.26 Å². The molecular formula is C17H17N3O3S. The van der Waals surface area contributed by atoms with Gasteiger partial charge < -0.3 is 4.74 Å². The Balaban J connectivity index is 1.63. The molecule has 1 aromatic carbocycles. The molecule has 0 unspecified atom stereocenters. The van der Waals surface area contributed by atoms with Crippen LogP contribution in [-0.4, -0.2) is 36.9 Å². The number of aryl methyl sites for hydroxylation is 1. The summed E-state index contributed by atoms with van der Waals surface area (Å²) in [4.78, 5) is 4.33. The van der Waals surface area contributed by atoms with Crippen LogP contribution >= 0.6 is 0 Å². The molecule has 7 heteroatoms. The van der Waals surface area contributed by atoms with Crippen LogP contribution in [0.15, 0.2) is 47.5 Å². The summed E-state index contributed by atoms with van der Waals surface area (Å²) in [6, 6.07) is 12.1. The minimum atomic E-state index is -3.48. The van der Waals surface area contributed by atoms with Crippen molar-refractivity contribution in [3.63, 3.8) is 0 Å². The van der Waals surface area contributed by atoms with Gasteiger partial charge in [-0.15, -0.1) is 0 Å². The Hall–Kier alpha value is -2.43. The number of aromatic nitrogens is 1. The zero-order chi connectivity index (χ0) is 17.2. The van der Waals surface area contributed by atoms with Gasteiger partial charge in [-0.2, -0.15) is 9.57 Å². The molecule has 24 heavy (non-hydrogen) atoms. The average Bonchev–Trinajstić information content (AvgIpc) is 2.57. The molecule has 0 atom stereocenters. The molecule has 6 nitrogen and oxygen atoms in total. The van der Waals surface area contributed by atoms with Gasteiger partial charge >= 0.3 is 0 Å². The molecule has 124 valence electrons. The van der Waals surface area contributed by atoms with Crippen molar-refractivity contribution < 1.29 is 13.2 Å². The minimum Gasteiger partial charge on any atom is -0.471 e. The molecule has 0 bridgehead atoms. The standard InChI is InChI=1S/C17H17N3O3S/c1-2-13-3-5-16(6-4-13)24(21,22)20-11-15(12-20)23-17-9-14(10-18)7-8-19-17/h3-9,15H,2,11-12H2,1H3. The van der Waals surface area contributed by atoms with Crippen LogP contribution in [0.1, 0.15) is 18.1 Å². The number of nitriles is 1. The van der Waals surface area contributed by atoms with E-state index in [9.17, 15) is 8.42 Å². The summed E-state index contributed by atoms with van der Waals surface area (Å²) in [5, 5.41) is 8.86. The van der Waals surface area contributed by atoms with Crippen LogP contribution in [0.2, 0.25) is 0 Å². The lowest BCUT2D eigenvalue weighted by Crippen LogP contribution is -2.56. The van der Waals surface area contributed by atoms with Gasteiger partial charge in [0.25, 0.3) is 0 Å². The number of ether oxygens (including phenoxy) is 1. The lowest BCUT2D eigenvalue weighted by molar-refractivity contribution is 0.0720. The molecule has 0 spiro atoms. The summed E-state index contributed by atoms with van der Waals surface area (Å²) < 4.78 is 32.1. The van der Waals surface area contributed by atoms with E-state index in [1.54, 1.807) is 24.3 Å². The first kappa shape index (κ1) is 16.4. The van der Waals surface area contributed by atoms with E-state index < -0.39 is 10.0 Å². The Kier molecular flexibility index (Phi) is 4.51. The van der Waals surface area contributed by atoms with Crippen LogP contribution in [-0.2, 0) is 16.4 Å². The number of sulfonamides is 1. The zero-order valence-electron chi connectivity index (χ0n) is 13.2. The summed E-state index contributed by atoms with van der Waals surface area (Å²) in [5.74, 6) is 0.336. The molecule has 1 aromatic heterocycles. The van der Waals surface area contributed by atoms with Crippen LogP contribution in [0.3, 0.4) is 0 Å². The Labute approximate surface area is 141 Å². The van der Waals surface area contributed by atoms with Gasteiger partial charge in [-0.05, 0) is 30.2 Å². The van der Waals surface area contributed by atoms with Gasteiger partial charge in [-0.25, -0.2) is 13.4 Å². The Morgan fingerprint density at radius 3 is 2.62 bits per heavy atom. The van der Waals surface area contributed by atoms with Crippen LogP contribution < -0.4 is 4.74 Å². The van der Waals surface area contributed by atoms with Gasteiger partial charge in [0, 0.05) is 12.3 Å². The molecule has 1 aliphatic heterocycles. The molecule has 0 saturated carbocycles. The van der Waals surface area contributed by atoms with Crippen molar-refractivity contribution in [2.75, 3.05) is 13.1 Å². The fourth-order valence-electron chi connectivity index (χ4n) is 2.43. The first-order valence-electron chi connectivity index (χ1n) is 7.65. The maximum Gasteiger partial charge on any atom is 0.243 e. The quantitative estimate of drug-likeness (QED) is 0.829. The van der Waals surface area contributed by atoms with Crippen molar-refractivity contribution in [2.45, 2.75) is 24.3 Å².